The molecule has 0 unspecified atom stereocenters. The number of hydrogen-bond acceptors (Lipinski definition) is 4. The first-order valence-electron chi connectivity index (χ1n) is 5.12. The van der Waals surface area contributed by atoms with E-state index in [4.69, 9.17) is 9.78 Å². The first-order valence-corrected chi connectivity index (χ1v) is 5.12. The summed E-state index contributed by atoms with van der Waals surface area (Å²) in [6.07, 6.45) is 0.750. The Balaban J connectivity index is 2.78. The third kappa shape index (κ3) is 3.24. The molecule has 0 amide bonds. The van der Waals surface area contributed by atoms with Crippen LogP contribution in [-0.2, 0) is 4.89 Å². The van der Waals surface area contributed by atoms with E-state index in [0.29, 0.717) is 0 Å². The SMILES string of the molecule is CCC(C)(C)OOc1ccccc1C(=O)[O-]. The number of benzene rings is 1. The molecule has 0 heterocycles. The molecule has 4 nitrogen and oxygen atoms in total. The molecule has 0 radical (unpaired) electrons. The summed E-state index contributed by atoms with van der Waals surface area (Å²) >= 11 is 0. The first-order chi connectivity index (χ1) is 7.46. The zero-order chi connectivity index (χ0) is 12.2. The van der Waals surface area contributed by atoms with Gasteiger partial charge in [-0.05, 0) is 32.4 Å². The second-order valence-corrected chi connectivity index (χ2v) is 4.06. The molecule has 0 aromatic heterocycles. The number of para-hydroxylation sites is 1. The van der Waals surface area contributed by atoms with Crippen molar-refractivity contribution in [1.82, 2.24) is 0 Å². The third-order valence-corrected chi connectivity index (χ3v) is 2.32. The Morgan fingerprint density at radius 2 is 2.00 bits per heavy atom. The van der Waals surface area contributed by atoms with E-state index in [1.807, 2.05) is 20.8 Å². The lowest BCUT2D eigenvalue weighted by Crippen LogP contribution is -2.27. The van der Waals surface area contributed by atoms with E-state index < -0.39 is 11.6 Å². The molecule has 16 heavy (non-hydrogen) atoms. The van der Waals surface area contributed by atoms with Crippen molar-refractivity contribution >= 4 is 5.97 Å². The first kappa shape index (κ1) is 12.5. The second kappa shape index (κ2) is 4.99. The number of carboxylic acids is 1. The summed E-state index contributed by atoms with van der Waals surface area (Å²) in [4.78, 5) is 21.0. The fourth-order valence-corrected chi connectivity index (χ4v) is 0.925. The lowest BCUT2D eigenvalue weighted by atomic mass is 10.1. The Morgan fingerprint density at radius 1 is 1.38 bits per heavy atom. The number of carbonyl (C=O) groups excluding carboxylic acids is 1. The maximum Gasteiger partial charge on any atom is 0.174 e. The maximum absolute atomic E-state index is 10.8. The Bertz CT molecular complexity index is 371. The lowest BCUT2D eigenvalue weighted by molar-refractivity contribution is -0.283. The molecule has 0 aliphatic rings. The fourth-order valence-electron chi connectivity index (χ4n) is 0.925. The minimum atomic E-state index is -1.28. The third-order valence-electron chi connectivity index (χ3n) is 2.32. The van der Waals surface area contributed by atoms with E-state index in [9.17, 15) is 9.90 Å². The zero-order valence-corrected chi connectivity index (χ0v) is 9.65. The van der Waals surface area contributed by atoms with Gasteiger partial charge in [0.15, 0.2) is 5.75 Å². The van der Waals surface area contributed by atoms with Gasteiger partial charge in [-0.25, -0.2) is 0 Å². The van der Waals surface area contributed by atoms with Crippen LogP contribution in [-0.4, -0.2) is 11.6 Å². The van der Waals surface area contributed by atoms with Gasteiger partial charge in [-0.15, -0.1) is 0 Å². The molecule has 0 atom stereocenters. The van der Waals surface area contributed by atoms with Crippen LogP contribution in [0.4, 0.5) is 0 Å². The van der Waals surface area contributed by atoms with Gasteiger partial charge in [0.2, 0.25) is 0 Å². The number of carboxylic acid groups (broad SMARTS) is 1. The van der Waals surface area contributed by atoms with Gasteiger partial charge in [-0.3, -0.25) is 0 Å². The average Bonchev–Trinajstić information content (AvgIpc) is 2.27. The molecular weight excluding hydrogens is 208 g/mol. The lowest BCUT2D eigenvalue weighted by Gasteiger charge is -2.22. The predicted molar refractivity (Wildman–Crippen MR) is 56.9 cm³/mol. The summed E-state index contributed by atoms with van der Waals surface area (Å²) in [6.45, 7) is 5.66. The highest BCUT2D eigenvalue weighted by atomic mass is 17.2. The van der Waals surface area contributed by atoms with Crippen molar-refractivity contribution in [2.75, 3.05) is 0 Å². The molecule has 0 fully saturated rings. The van der Waals surface area contributed by atoms with E-state index in [0.717, 1.165) is 6.42 Å². The molecule has 0 bridgehead atoms. The zero-order valence-electron chi connectivity index (χ0n) is 9.65. The Hall–Kier alpha value is -1.55. The predicted octanol–water partition coefficient (Wildman–Crippen LogP) is 1.55. The van der Waals surface area contributed by atoms with Crippen LogP contribution < -0.4 is 9.99 Å². The van der Waals surface area contributed by atoms with Gasteiger partial charge < -0.3 is 14.8 Å². The smallest absolute Gasteiger partial charge is 0.174 e. The minimum absolute atomic E-state index is 0.0191. The summed E-state index contributed by atoms with van der Waals surface area (Å²) in [5, 5.41) is 10.8. The summed E-state index contributed by atoms with van der Waals surface area (Å²) in [5.74, 6) is -1.13. The van der Waals surface area contributed by atoms with Crippen molar-refractivity contribution in [2.24, 2.45) is 0 Å². The molecule has 1 rings (SSSR count). The van der Waals surface area contributed by atoms with Crippen LogP contribution in [0.15, 0.2) is 24.3 Å². The molecule has 1 aromatic carbocycles. The molecule has 0 saturated heterocycles. The van der Waals surface area contributed by atoms with Crippen LogP contribution in [0.3, 0.4) is 0 Å². The number of rotatable bonds is 5. The molecular formula is C12H15O4-. The summed E-state index contributed by atoms with van der Waals surface area (Å²) < 4.78 is 0. The normalized spacial score (nSPS) is 11.2. The van der Waals surface area contributed by atoms with E-state index in [1.54, 1.807) is 12.1 Å². The van der Waals surface area contributed by atoms with Crippen molar-refractivity contribution in [1.29, 1.82) is 0 Å². The van der Waals surface area contributed by atoms with Crippen molar-refractivity contribution in [3.8, 4) is 5.75 Å². The fraction of sp³-hybridized carbons (Fsp3) is 0.417. The van der Waals surface area contributed by atoms with E-state index >= 15 is 0 Å². The standard InChI is InChI=1S/C12H16O4/c1-4-12(2,3)16-15-10-8-6-5-7-9(10)11(13)14/h5-8H,4H2,1-3H3,(H,13,14)/p-1. The Labute approximate surface area is 94.7 Å². The molecule has 0 saturated carbocycles. The van der Waals surface area contributed by atoms with Gasteiger partial charge >= 0.3 is 0 Å². The number of carbonyl (C=O) groups is 1. The molecule has 0 N–H and O–H groups in total. The maximum atomic E-state index is 10.8. The monoisotopic (exact) mass is 223 g/mol. The molecule has 4 heteroatoms. The van der Waals surface area contributed by atoms with Gasteiger partial charge in [0.05, 0.1) is 5.97 Å². The van der Waals surface area contributed by atoms with Crippen molar-refractivity contribution in [3.05, 3.63) is 29.8 Å². The molecule has 0 aliphatic heterocycles. The van der Waals surface area contributed by atoms with Gasteiger partial charge in [0, 0.05) is 5.56 Å². The summed E-state index contributed by atoms with van der Waals surface area (Å²) in [6, 6.07) is 6.21. The van der Waals surface area contributed by atoms with Crippen LogP contribution in [0.25, 0.3) is 0 Å². The van der Waals surface area contributed by atoms with Gasteiger partial charge in [-0.1, -0.05) is 19.1 Å². The van der Waals surface area contributed by atoms with Crippen LogP contribution in [0, 0.1) is 0 Å². The highest BCUT2D eigenvalue weighted by Crippen LogP contribution is 2.21. The van der Waals surface area contributed by atoms with Crippen molar-refractivity contribution in [2.45, 2.75) is 32.8 Å². The molecule has 0 aliphatic carbocycles. The van der Waals surface area contributed by atoms with E-state index in [2.05, 4.69) is 0 Å². The van der Waals surface area contributed by atoms with Crippen LogP contribution in [0.1, 0.15) is 37.6 Å². The van der Waals surface area contributed by atoms with Gasteiger partial charge in [0.1, 0.15) is 5.60 Å². The van der Waals surface area contributed by atoms with Crippen LogP contribution in [0.5, 0.6) is 5.75 Å². The Kier molecular flexibility index (Phi) is 3.90. The molecule has 1 aromatic rings. The van der Waals surface area contributed by atoms with E-state index in [1.165, 1.54) is 12.1 Å². The second-order valence-electron chi connectivity index (χ2n) is 4.06. The quantitative estimate of drug-likeness (QED) is 0.561. The van der Waals surface area contributed by atoms with E-state index in [-0.39, 0.29) is 11.3 Å². The number of aromatic carboxylic acids is 1. The highest BCUT2D eigenvalue weighted by Gasteiger charge is 2.18. The average molecular weight is 223 g/mol. The number of hydrogen-bond donors (Lipinski definition) is 0. The largest absolute Gasteiger partial charge is 0.545 e. The summed E-state index contributed by atoms with van der Waals surface area (Å²) in [7, 11) is 0. The van der Waals surface area contributed by atoms with Gasteiger partial charge in [0.25, 0.3) is 0 Å². The minimum Gasteiger partial charge on any atom is -0.545 e. The van der Waals surface area contributed by atoms with Crippen LogP contribution >= 0.6 is 0 Å². The topological polar surface area (TPSA) is 58.6 Å². The van der Waals surface area contributed by atoms with Crippen molar-refractivity contribution in [3.63, 3.8) is 0 Å². The van der Waals surface area contributed by atoms with Gasteiger partial charge in [-0.2, -0.15) is 4.89 Å². The molecule has 88 valence electrons. The van der Waals surface area contributed by atoms with Crippen molar-refractivity contribution < 1.29 is 19.7 Å². The Morgan fingerprint density at radius 3 is 2.56 bits per heavy atom. The highest BCUT2D eigenvalue weighted by molar-refractivity contribution is 5.89. The van der Waals surface area contributed by atoms with Crippen LogP contribution in [0.2, 0.25) is 0 Å². The molecule has 0 spiro atoms. The summed E-state index contributed by atoms with van der Waals surface area (Å²) in [5.41, 5.74) is -0.478.